The van der Waals surface area contributed by atoms with Crippen LogP contribution in [0.3, 0.4) is 0 Å². The van der Waals surface area contributed by atoms with Gasteiger partial charge in [0.05, 0.1) is 16.8 Å². The number of piperidine rings is 1. The summed E-state index contributed by atoms with van der Waals surface area (Å²) in [6, 6.07) is 14.2. The van der Waals surface area contributed by atoms with Gasteiger partial charge in [0.25, 0.3) is 11.8 Å². The number of amides is 3. The van der Waals surface area contributed by atoms with Crippen LogP contribution in [0.2, 0.25) is 0 Å². The Hall–Kier alpha value is -2.67. The first-order chi connectivity index (χ1) is 15.0. The second kappa shape index (κ2) is 10.6. The van der Waals surface area contributed by atoms with E-state index in [0.29, 0.717) is 60.3 Å². The molecule has 0 saturated carbocycles. The zero-order chi connectivity index (χ0) is 22.4. The average molecular weight is 486 g/mol. The predicted octanol–water partition coefficient (Wildman–Crippen LogP) is 4.42. The highest BCUT2D eigenvalue weighted by atomic mass is 79.9. The molecular weight excluding hydrogens is 458 g/mol. The molecule has 0 atom stereocenters. The fourth-order valence-electron chi connectivity index (χ4n) is 3.91. The first kappa shape index (κ1) is 23.0. The number of hydrogen-bond acceptors (Lipinski definition) is 3. The van der Waals surface area contributed by atoms with Crippen molar-refractivity contribution in [1.29, 1.82) is 0 Å². The summed E-state index contributed by atoms with van der Waals surface area (Å²) in [7, 11) is 0. The van der Waals surface area contributed by atoms with E-state index in [2.05, 4.69) is 21.2 Å². The lowest BCUT2D eigenvalue weighted by atomic mass is 9.94. The van der Waals surface area contributed by atoms with Crippen molar-refractivity contribution in [1.82, 2.24) is 9.80 Å². The monoisotopic (exact) mass is 485 g/mol. The van der Waals surface area contributed by atoms with Crippen LogP contribution in [0.4, 0.5) is 5.69 Å². The van der Waals surface area contributed by atoms with Crippen LogP contribution in [0.1, 0.15) is 47.4 Å². The molecule has 6 nitrogen and oxygen atoms in total. The number of anilines is 1. The van der Waals surface area contributed by atoms with Crippen molar-refractivity contribution in [3.05, 3.63) is 64.1 Å². The minimum absolute atomic E-state index is 0.0330. The molecule has 1 aliphatic heterocycles. The third kappa shape index (κ3) is 5.34. The minimum Gasteiger partial charge on any atom is -0.343 e. The zero-order valence-corrected chi connectivity index (χ0v) is 19.5. The molecule has 7 heteroatoms. The lowest BCUT2D eigenvalue weighted by Gasteiger charge is -2.34. The normalized spacial score (nSPS) is 14.2. The van der Waals surface area contributed by atoms with E-state index in [-0.39, 0.29) is 23.6 Å². The second-order valence-corrected chi connectivity index (χ2v) is 8.41. The van der Waals surface area contributed by atoms with Crippen molar-refractivity contribution in [2.45, 2.75) is 26.7 Å². The van der Waals surface area contributed by atoms with Gasteiger partial charge in [-0.25, -0.2) is 0 Å². The zero-order valence-electron chi connectivity index (χ0n) is 17.9. The number of likely N-dealkylation sites (tertiary alicyclic amines) is 1. The summed E-state index contributed by atoms with van der Waals surface area (Å²) in [6.07, 6.45) is 1.32. The number of nitrogens with zero attached hydrogens (tertiary/aromatic N) is 2. The molecule has 2 aromatic carbocycles. The number of rotatable bonds is 6. The lowest BCUT2D eigenvalue weighted by molar-refractivity contribution is -0.136. The van der Waals surface area contributed by atoms with Crippen LogP contribution < -0.4 is 5.32 Å². The molecular formula is C24H28BrN3O3. The highest BCUT2D eigenvalue weighted by Crippen LogP contribution is 2.25. The molecule has 0 aliphatic carbocycles. The molecule has 1 N–H and O–H groups in total. The fraction of sp³-hybridized carbons (Fsp3) is 0.375. The highest BCUT2D eigenvalue weighted by Gasteiger charge is 2.30. The van der Waals surface area contributed by atoms with E-state index in [1.54, 1.807) is 47.4 Å². The van der Waals surface area contributed by atoms with Crippen molar-refractivity contribution < 1.29 is 14.4 Å². The Morgan fingerprint density at radius 3 is 2.16 bits per heavy atom. The van der Waals surface area contributed by atoms with Gasteiger partial charge in [0, 0.05) is 36.6 Å². The summed E-state index contributed by atoms with van der Waals surface area (Å²) in [5, 5.41) is 2.87. The summed E-state index contributed by atoms with van der Waals surface area (Å²) < 4.78 is 0.691. The molecule has 1 fully saturated rings. The molecule has 1 heterocycles. The Balaban J connectivity index is 1.69. The van der Waals surface area contributed by atoms with E-state index in [1.807, 2.05) is 24.8 Å². The molecule has 3 amide bonds. The third-order valence-electron chi connectivity index (χ3n) is 5.73. The van der Waals surface area contributed by atoms with Gasteiger partial charge in [-0.15, -0.1) is 0 Å². The van der Waals surface area contributed by atoms with Gasteiger partial charge in [-0.05, 0) is 66.9 Å². The van der Waals surface area contributed by atoms with E-state index in [9.17, 15) is 14.4 Å². The summed E-state index contributed by atoms with van der Waals surface area (Å²) in [5.41, 5.74) is 1.44. The third-order valence-corrected chi connectivity index (χ3v) is 6.42. The Morgan fingerprint density at radius 2 is 1.55 bits per heavy atom. The summed E-state index contributed by atoms with van der Waals surface area (Å²) >= 11 is 3.39. The largest absolute Gasteiger partial charge is 0.343 e. The van der Waals surface area contributed by atoms with Gasteiger partial charge < -0.3 is 15.1 Å². The van der Waals surface area contributed by atoms with Crippen LogP contribution in [0.5, 0.6) is 0 Å². The minimum atomic E-state index is -0.281. The molecule has 0 bridgehead atoms. The van der Waals surface area contributed by atoms with Gasteiger partial charge in [-0.3, -0.25) is 14.4 Å². The number of carbonyl (C=O) groups is 3. The van der Waals surface area contributed by atoms with Crippen LogP contribution in [0.15, 0.2) is 53.0 Å². The van der Waals surface area contributed by atoms with Crippen LogP contribution in [-0.2, 0) is 4.79 Å². The summed E-state index contributed by atoms with van der Waals surface area (Å²) in [5.74, 6) is -0.263. The highest BCUT2D eigenvalue weighted by molar-refractivity contribution is 9.10. The van der Waals surface area contributed by atoms with Crippen LogP contribution in [0, 0.1) is 5.92 Å². The van der Waals surface area contributed by atoms with Crippen molar-refractivity contribution in [3.63, 3.8) is 0 Å². The van der Waals surface area contributed by atoms with E-state index >= 15 is 0 Å². The maximum atomic E-state index is 13.2. The predicted molar refractivity (Wildman–Crippen MR) is 125 cm³/mol. The molecule has 1 saturated heterocycles. The Labute approximate surface area is 191 Å². The van der Waals surface area contributed by atoms with Gasteiger partial charge >= 0.3 is 0 Å². The van der Waals surface area contributed by atoms with Gasteiger partial charge in [0.2, 0.25) is 5.91 Å². The Kier molecular flexibility index (Phi) is 7.85. The second-order valence-electron chi connectivity index (χ2n) is 7.56. The first-order valence-corrected chi connectivity index (χ1v) is 11.5. The van der Waals surface area contributed by atoms with E-state index in [0.717, 1.165) is 0 Å². The number of nitrogens with one attached hydrogen (secondary N) is 1. The number of benzene rings is 2. The molecule has 164 valence electrons. The number of halogens is 1. The van der Waals surface area contributed by atoms with Crippen LogP contribution >= 0.6 is 15.9 Å². The Bertz CT molecular complexity index is 951. The van der Waals surface area contributed by atoms with E-state index in [1.165, 1.54) is 0 Å². The number of hydrogen-bond donors (Lipinski definition) is 1. The lowest BCUT2D eigenvalue weighted by Crippen LogP contribution is -2.44. The summed E-state index contributed by atoms with van der Waals surface area (Å²) in [6.45, 7) is 6.45. The van der Waals surface area contributed by atoms with Gasteiger partial charge in [-0.1, -0.05) is 24.3 Å². The molecule has 0 unspecified atom stereocenters. The number of para-hydroxylation sites is 1. The quantitative estimate of drug-likeness (QED) is 0.657. The summed E-state index contributed by atoms with van der Waals surface area (Å²) in [4.78, 5) is 42.2. The SMILES string of the molecule is CCN(CC)C(=O)C1CCN(C(=O)c2ccccc2NC(=O)c2ccccc2Br)CC1. The average Bonchev–Trinajstić information content (AvgIpc) is 2.80. The van der Waals surface area contributed by atoms with Crippen molar-refractivity contribution in [3.8, 4) is 0 Å². The molecule has 31 heavy (non-hydrogen) atoms. The van der Waals surface area contributed by atoms with Crippen molar-refractivity contribution in [2.24, 2.45) is 5.92 Å². The van der Waals surface area contributed by atoms with Crippen LogP contribution in [0.25, 0.3) is 0 Å². The molecule has 1 aliphatic rings. The van der Waals surface area contributed by atoms with Gasteiger partial charge in [0.15, 0.2) is 0 Å². The van der Waals surface area contributed by atoms with E-state index in [4.69, 9.17) is 0 Å². The van der Waals surface area contributed by atoms with Crippen molar-refractivity contribution in [2.75, 3.05) is 31.5 Å². The number of carbonyl (C=O) groups excluding carboxylic acids is 3. The van der Waals surface area contributed by atoms with E-state index < -0.39 is 0 Å². The molecule has 0 radical (unpaired) electrons. The molecule has 0 aromatic heterocycles. The molecule has 0 spiro atoms. The topological polar surface area (TPSA) is 69.7 Å². The van der Waals surface area contributed by atoms with Crippen molar-refractivity contribution >= 4 is 39.3 Å². The van der Waals surface area contributed by atoms with Gasteiger partial charge in [0.1, 0.15) is 0 Å². The van der Waals surface area contributed by atoms with Crippen LogP contribution in [-0.4, -0.2) is 53.7 Å². The fourth-order valence-corrected chi connectivity index (χ4v) is 4.37. The smallest absolute Gasteiger partial charge is 0.256 e. The maximum Gasteiger partial charge on any atom is 0.256 e. The first-order valence-electron chi connectivity index (χ1n) is 10.7. The standard InChI is InChI=1S/C24H28BrN3O3/c1-3-27(4-2)23(30)17-13-15-28(16-14-17)24(31)19-10-6-8-12-21(19)26-22(29)18-9-5-7-11-20(18)25/h5-12,17H,3-4,13-16H2,1-2H3,(H,26,29). The van der Waals surface area contributed by atoms with Gasteiger partial charge in [-0.2, -0.15) is 0 Å². The molecule has 2 aromatic rings. The molecule has 3 rings (SSSR count). The Morgan fingerprint density at radius 1 is 0.968 bits per heavy atom. The maximum absolute atomic E-state index is 13.2.